The third kappa shape index (κ3) is 5.57. The predicted octanol–water partition coefficient (Wildman–Crippen LogP) is 3.96. The van der Waals surface area contributed by atoms with Crippen molar-refractivity contribution in [1.29, 1.82) is 0 Å². The molecule has 0 unspecified atom stereocenters. The van der Waals surface area contributed by atoms with Crippen LogP contribution in [0.2, 0.25) is 10.0 Å². The van der Waals surface area contributed by atoms with Gasteiger partial charge in [-0.25, -0.2) is 15.0 Å². The number of carbonyl (C=O) groups excluding carboxylic acids is 1. The fraction of sp³-hybridized carbons (Fsp3) is 0.273. The topological polar surface area (TPSA) is 83.5 Å². The molecule has 0 saturated carbocycles. The van der Waals surface area contributed by atoms with Crippen LogP contribution in [0.25, 0.3) is 0 Å². The Labute approximate surface area is 196 Å². The largest absolute Gasteiger partial charge is 0.482 e. The second-order valence-corrected chi connectivity index (χ2v) is 8.18. The summed E-state index contributed by atoms with van der Waals surface area (Å²) < 4.78 is 5.57. The number of carbonyl (C=O) groups is 1. The Hall–Kier alpha value is -3.10. The second kappa shape index (κ2) is 10.0. The summed E-state index contributed by atoms with van der Waals surface area (Å²) in [5.41, 5.74) is 1.11. The smallest absolute Gasteiger partial charge is 0.260 e. The van der Waals surface area contributed by atoms with Gasteiger partial charge < -0.3 is 19.9 Å². The van der Waals surface area contributed by atoms with E-state index in [-0.39, 0.29) is 12.5 Å². The van der Waals surface area contributed by atoms with Crippen LogP contribution in [0.5, 0.6) is 5.75 Å². The molecule has 1 fully saturated rings. The molecule has 1 aliphatic rings. The molecule has 166 valence electrons. The van der Waals surface area contributed by atoms with Crippen molar-refractivity contribution < 1.29 is 9.53 Å². The first-order valence-corrected chi connectivity index (χ1v) is 10.9. The number of rotatable bonds is 6. The van der Waals surface area contributed by atoms with Crippen molar-refractivity contribution >= 4 is 46.6 Å². The zero-order valence-corrected chi connectivity index (χ0v) is 19.0. The molecule has 1 aliphatic heterocycles. The number of piperazine rings is 1. The van der Waals surface area contributed by atoms with E-state index in [1.165, 1.54) is 6.33 Å². The van der Waals surface area contributed by atoms with E-state index in [0.29, 0.717) is 47.8 Å². The summed E-state index contributed by atoms with van der Waals surface area (Å²) in [5.74, 6) is 2.54. The first-order valence-electron chi connectivity index (χ1n) is 10.1. The molecule has 2 aromatic heterocycles. The molecule has 10 heteroatoms. The Kier molecular flexibility index (Phi) is 6.92. The van der Waals surface area contributed by atoms with Gasteiger partial charge in [0.1, 0.15) is 29.5 Å². The number of amides is 1. The zero-order valence-electron chi connectivity index (χ0n) is 17.5. The minimum absolute atomic E-state index is 0.0770. The van der Waals surface area contributed by atoms with Crippen molar-refractivity contribution in [3.63, 3.8) is 0 Å². The quantitative estimate of drug-likeness (QED) is 0.580. The lowest BCUT2D eigenvalue weighted by molar-refractivity contribution is -0.133. The summed E-state index contributed by atoms with van der Waals surface area (Å²) in [5, 5.41) is 4.10. The lowest BCUT2D eigenvalue weighted by Gasteiger charge is -2.35. The first-order chi connectivity index (χ1) is 15.5. The van der Waals surface area contributed by atoms with Crippen LogP contribution in [0.4, 0.5) is 17.5 Å². The summed E-state index contributed by atoms with van der Waals surface area (Å²) in [6.07, 6.45) is 3.27. The number of ether oxygens (including phenoxy) is 1. The minimum Gasteiger partial charge on any atom is -0.482 e. The normalized spacial score (nSPS) is 13.7. The standard InChI is InChI=1S/C22H22Cl2N6O2/c1-15-4-5-25-19(10-15)28-20-12-21(27-14-26-20)29-6-8-30(9-7-29)22(31)13-32-18-3-2-16(23)11-17(18)24/h2-5,10-12,14H,6-9,13H2,1H3,(H,25,26,27,28). The average Bonchev–Trinajstić information content (AvgIpc) is 2.79. The Morgan fingerprint density at radius 3 is 2.56 bits per heavy atom. The highest BCUT2D eigenvalue weighted by Crippen LogP contribution is 2.27. The molecule has 8 nitrogen and oxygen atoms in total. The monoisotopic (exact) mass is 472 g/mol. The number of hydrogen-bond acceptors (Lipinski definition) is 7. The molecule has 0 atom stereocenters. The maximum Gasteiger partial charge on any atom is 0.260 e. The van der Waals surface area contributed by atoms with E-state index in [1.54, 1.807) is 29.3 Å². The van der Waals surface area contributed by atoms with E-state index in [0.717, 1.165) is 17.2 Å². The molecular formula is C22H22Cl2N6O2. The molecular weight excluding hydrogens is 451 g/mol. The zero-order chi connectivity index (χ0) is 22.5. The van der Waals surface area contributed by atoms with Gasteiger partial charge in [-0.15, -0.1) is 0 Å². The number of aryl methyl sites for hydroxylation is 1. The van der Waals surface area contributed by atoms with Gasteiger partial charge in [0.25, 0.3) is 5.91 Å². The van der Waals surface area contributed by atoms with E-state index >= 15 is 0 Å². The van der Waals surface area contributed by atoms with Crippen LogP contribution in [0.3, 0.4) is 0 Å². The highest BCUT2D eigenvalue weighted by Gasteiger charge is 2.23. The van der Waals surface area contributed by atoms with Gasteiger partial charge in [-0.2, -0.15) is 0 Å². The summed E-state index contributed by atoms with van der Waals surface area (Å²) in [4.78, 5) is 29.4. The molecule has 1 N–H and O–H groups in total. The van der Waals surface area contributed by atoms with Gasteiger partial charge in [-0.1, -0.05) is 23.2 Å². The third-order valence-corrected chi connectivity index (χ3v) is 5.56. The molecule has 0 bridgehead atoms. The molecule has 1 aromatic carbocycles. The van der Waals surface area contributed by atoms with Crippen LogP contribution in [0, 0.1) is 6.92 Å². The molecule has 1 saturated heterocycles. The van der Waals surface area contributed by atoms with Crippen LogP contribution < -0.4 is 15.0 Å². The van der Waals surface area contributed by atoms with Crippen LogP contribution in [0.15, 0.2) is 48.9 Å². The van der Waals surface area contributed by atoms with E-state index in [9.17, 15) is 4.79 Å². The molecule has 1 amide bonds. The predicted molar refractivity (Wildman–Crippen MR) is 125 cm³/mol. The lowest BCUT2D eigenvalue weighted by atomic mass is 10.3. The number of hydrogen-bond donors (Lipinski definition) is 1. The molecule has 0 aliphatic carbocycles. The Balaban J connectivity index is 1.31. The fourth-order valence-corrected chi connectivity index (χ4v) is 3.80. The van der Waals surface area contributed by atoms with Crippen LogP contribution in [0.1, 0.15) is 5.56 Å². The number of benzene rings is 1. The summed E-state index contributed by atoms with van der Waals surface area (Å²) in [7, 11) is 0. The number of nitrogens with one attached hydrogen (secondary N) is 1. The maximum atomic E-state index is 12.5. The number of anilines is 3. The highest BCUT2D eigenvalue weighted by molar-refractivity contribution is 6.35. The number of aromatic nitrogens is 3. The van der Waals surface area contributed by atoms with Crippen LogP contribution >= 0.6 is 23.2 Å². The summed E-state index contributed by atoms with van der Waals surface area (Å²) in [6, 6.07) is 10.7. The van der Waals surface area contributed by atoms with E-state index in [2.05, 4.69) is 25.2 Å². The first kappa shape index (κ1) is 22.1. The van der Waals surface area contributed by atoms with Gasteiger partial charge in [-0.3, -0.25) is 4.79 Å². The van der Waals surface area contributed by atoms with Crippen molar-refractivity contribution in [2.24, 2.45) is 0 Å². The lowest BCUT2D eigenvalue weighted by Crippen LogP contribution is -2.50. The van der Waals surface area contributed by atoms with Crippen molar-refractivity contribution in [1.82, 2.24) is 19.9 Å². The second-order valence-electron chi connectivity index (χ2n) is 7.34. The van der Waals surface area contributed by atoms with Crippen LogP contribution in [-0.2, 0) is 4.79 Å². The number of halogens is 2. The van der Waals surface area contributed by atoms with Gasteiger partial charge >= 0.3 is 0 Å². The number of nitrogens with zero attached hydrogens (tertiary/aromatic N) is 5. The highest BCUT2D eigenvalue weighted by atomic mass is 35.5. The van der Waals surface area contributed by atoms with Crippen molar-refractivity contribution in [3.8, 4) is 5.75 Å². The van der Waals surface area contributed by atoms with Crippen molar-refractivity contribution in [3.05, 3.63) is 64.5 Å². The number of pyridine rings is 1. The minimum atomic E-state index is -0.0915. The van der Waals surface area contributed by atoms with Crippen molar-refractivity contribution in [2.45, 2.75) is 6.92 Å². The van der Waals surface area contributed by atoms with E-state index in [1.807, 2.05) is 25.1 Å². The van der Waals surface area contributed by atoms with Gasteiger partial charge in [0.15, 0.2) is 6.61 Å². The van der Waals surface area contributed by atoms with Crippen molar-refractivity contribution in [2.75, 3.05) is 43.0 Å². The Bertz CT molecular complexity index is 1110. The fourth-order valence-electron chi connectivity index (χ4n) is 3.33. The average molecular weight is 473 g/mol. The molecule has 0 spiro atoms. The van der Waals surface area contributed by atoms with Gasteiger partial charge in [0.05, 0.1) is 5.02 Å². The summed E-state index contributed by atoms with van der Waals surface area (Å²) >= 11 is 12.0. The molecule has 3 heterocycles. The van der Waals surface area contributed by atoms with Gasteiger partial charge in [-0.05, 0) is 42.8 Å². The van der Waals surface area contributed by atoms with Crippen LogP contribution in [-0.4, -0.2) is 58.5 Å². The molecule has 3 aromatic rings. The van der Waals surface area contributed by atoms with Gasteiger partial charge in [0.2, 0.25) is 0 Å². The maximum absolute atomic E-state index is 12.5. The Morgan fingerprint density at radius 2 is 1.81 bits per heavy atom. The Morgan fingerprint density at radius 1 is 1.03 bits per heavy atom. The molecule has 0 radical (unpaired) electrons. The SMILES string of the molecule is Cc1ccnc(Nc2cc(N3CCN(C(=O)COc4ccc(Cl)cc4Cl)CC3)ncn2)c1. The third-order valence-electron chi connectivity index (χ3n) is 5.03. The summed E-state index contributed by atoms with van der Waals surface area (Å²) in [6.45, 7) is 4.39. The molecule has 4 rings (SSSR count). The van der Waals surface area contributed by atoms with Gasteiger partial charge in [0, 0.05) is 43.5 Å². The van der Waals surface area contributed by atoms with E-state index < -0.39 is 0 Å². The molecule has 32 heavy (non-hydrogen) atoms. The van der Waals surface area contributed by atoms with E-state index in [4.69, 9.17) is 27.9 Å².